The summed E-state index contributed by atoms with van der Waals surface area (Å²) in [6.45, 7) is 0. The zero-order valence-corrected chi connectivity index (χ0v) is 18.6. The monoisotopic (exact) mass is 428 g/mol. The van der Waals surface area contributed by atoms with E-state index in [9.17, 15) is 19.8 Å². The Morgan fingerprint density at radius 3 is 1.39 bits per heavy atom. The van der Waals surface area contributed by atoms with E-state index in [4.69, 9.17) is 0 Å². The molecule has 2 N–H and O–H groups in total. The number of hydrogen-bond donors (Lipinski definition) is 2. The Morgan fingerprint density at radius 1 is 0.643 bits per heavy atom. The summed E-state index contributed by atoms with van der Waals surface area (Å²) in [7, 11) is 0. The van der Waals surface area contributed by atoms with Gasteiger partial charge in [0.25, 0.3) is 0 Å². The third kappa shape index (κ3) is 5.55. The van der Waals surface area contributed by atoms with Crippen molar-refractivity contribution >= 4 is 35.1 Å². The van der Waals surface area contributed by atoms with Crippen LogP contribution in [-0.2, 0) is 9.59 Å². The zero-order chi connectivity index (χ0) is 20.0. The molecule has 0 aromatic heterocycles. The lowest BCUT2D eigenvalue weighted by Crippen LogP contribution is -2.49. The van der Waals surface area contributed by atoms with E-state index >= 15 is 0 Å². The van der Waals surface area contributed by atoms with Crippen LogP contribution < -0.4 is 0 Å². The van der Waals surface area contributed by atoms with Crippen molar-refractivity contribution in [2.75, 3.05) is 0 Å². The number of hydrogen-bond acceptors (Lipinski definition) is 6. The quantitative estimate of drug-likeness (QED) is 0.425. The molecule has 0 aliphatic heterocycles. The number of ketones is 2. The van der Waals surface area contributed by atoms with Gasteiger partial charge in [0.15, 0.2) is 22.4 Å². The molecule has 0 spiro atoms. The van der Waals surface area contributed by atoms with E-state index in [0.29, 0.717) is 23.3 Å². The molecule has 160 valence electrons. The van der Waals surface area contributed by atoms with Gasteiger partial charge in [-0.2, -0.15) is 0 Å². The van der Waals surface area contributed by atoms with Crippen molar-refractivity contribution in [1.82, 2.24) is 0 Å². The number of thioether (sulfide) groups is 2. The van der Waals surface area contributed by atoms with E-state index < -0.39 is 16.3 Å². The summed E-state index contributed by atoms with van der Waals surface area (Å²) < 4.78 is 0. The molecule has 3 fully saturated rings. The van der Waals surface area contributed by atoms with Gasteiger partial charge < -0.3 is 10.2 Å². The largest absolute Gasteiger partial charge is 0.375 e. The number of aliphatic hydroxyl groups excluding tert-OH is 2. The Balaban J connectivity index is 1.67. The topological polar surface area (TPSA) is 74.6 Å². The van der Waals surface area contributed by atoms with Gasteiger partial charge in [0.05, 0.1) is 5.41 Å². The van der Waals surface area contributed by atoms with E-state index in [1.165, 1.54) is 36.4 Å². The number of carbonyl (C=O) groups excluding carboxylic acids is 2. The van der Waals surface area contributed by atoms with Crippen molar-refractivity contribution in [2.45, 2.75) is 118 Å². The molecule has 0 saturated heterocycles. The number of Topliss-reactive ketones (excluding diaryl/α,β-unsaturated/α-hetero) is 2. The number of carbonyl (C=O) groups is 2. The summed E-state index contributed by atoms with van der Waals surface area (Å²) in [5, 5.41) is 22.0. The first kappa shape index (κ1) is 22.6. The third-order valence-corrected chi connectivity index (χ3v) is 9.50. The first-order valence-corrected chi connectivity index (χ1v) is 13.2. The predicted molar refractivity (Wildman–Crippen MR) is 116 cm³/mol. The maximum Gasteiger partial charge on any atom is 0.185 e. The second kappa shape index (κ2) is 10.8. The second-order valence-electron chi connectivity index (χ2n) is 8.87. The highest BCUT2D eigenvalue weighted by molar-refractivity contribution is 8.01. The van der Waals surface area contributed by atoms with Crippen LogP contribution >= 0.6 is 23.5 Å². The first-order chi connectivity index (χ1) is 13.5. The molecule has 2 atom stereocenters. The summed E-state index contributed by atoms with van der Waals surface area (Å²) in [6, 6.07) is 0. The molecule has 0 amide bonds. The summed E-state index contributed by atoms with van der Waals surface area (Å²) in [5.41, 5.74) is -3.46. The van der Waals surface area contributed by atoms with Gasteiger partial charge in [0.2, 0.25) is 0 Å². The van der Waals surface area contributed by atoms with Crippen molar-refractivity contribution in [3.05, 3.63) is 0 Å². The fraction of sp³-hybridized carbons (Fsp3) is 0.909. The van der Waals surface area contributed by atoms with Gasteiger partial charge in [-0.25, -0.2) is 0 Å². The van der Waals surface area contributed by atoms with Crippen LogP contribution in [0.4, 0.5) is 0 Å². The first-order valence-electron chi connectivity index (χ1n) is 11.3. The Hall–Kier alpha value is -0.0400. The van der Waals surface area contributed by atoms with Crippen LogP contribution in [0.3, 0.4) is 0 Å². The average molecular weight is 429 g/mol. The van der Waals surface area contributed by atoms with Crippen molar-refractivity contribution in [2.24, 2.45) is 5.41 Å². The fourth-order valence-corrected chi connectivity index (χ4v) is 7.77. The van der Waals surface area contributed by atoms with Crippen LogP contribution in [0, 0.1) is 5.41 Å². The molecule has 3 aliphatic carbocycles. The van der Waals surface area contributed by atoms with Gasteiger partial charge >= 0.3 is 0 Å². The van der Waals surface area contributed by atoms with Gasteiger partial charge in [0.1, 0.15) is 0 Å². The third-order valence-electron chi connectivity index (χ3n) is 6.85. The fourth-order valence-electron chi connectivity index (χ4n) is 5.13. The van der Waals surface area contributed by atoms with E-state index in [-0.39, 0.29) is 11.6 Å². The van der Waals surface area contributed by atoms with E-state index in [0.717, 1.165) is 70.6 Å². The molecule has 3 aliphatic rings. The van der Waals surface area contributed by atoms with Crippen LogP contribution in [0.15, 0.2) is 0 Å². The molecule has 4 nitrogen and oxygen atoms in total. The Morgan fingerprint density at radius 2 is 1.00 bits per heavy atom. The van der Waals surface area contributed by atoms with Crippen LogP contribution in [0.5, 0.6) is 0 Å². The molecule has 0 radical (unpaired) electrons. The SMILES string of the molecule is O=C(C(O)SC1CCCCC1)C1(C(=O)C(O)SC2CCCCC2)CCCCC1. The minimum absolute atomic E-state index is 0.310. The van der Waals surface area contributed by atoms with Crippen molar-refractivity contribution in [3.8, 4) is 0 Å². The lowest BCUT2D eigenvalue weighted by Gasteiger charge is -2.38. The highest BCUT2D eigenvalue weighted by atomic mass is 32.2. The highest BCUT2D eigenvalue weighted by Crippen LogP contribution is 2.44. The minimum Gasteiger partial charge on any atom is -0.375 e. The minimum atomic E-state index is -1.18. The lowest BCUT2D eigenvalue weighted by atomic mass is 9.68. The summed E-state index contributed by atoms with van der Waals surface area (Å²) >= 11 is 2.70. The predicted octanol–water partition coefficient (Wildman–Crippen LogP) is 4.84. The Kier molecular flexibility index (Phi) is 8.76. The normalized spacial score (nSPS) is 26.5. The Bertz CT molecular complexity index is 481. The molecule has 28 heavy (non-hydrogen) atoms. The van der Waals surface area contributed by atoms with Crippen LogP contribution in [0.25, 0.3) is 0 Å². The number of aliphatic hydroxyl groups is 2. The van der Waals surface area contributed by atoms with E-state index in [1.807, 2.05) is 0 Å². The van der Waals surface area contributed by atoms with Crippen molar-refractivity contribution in [3.63, 3.8) is 0 Å². The maximum atomic E-state index is 13.3. The van der Waals surface area contributed by atoms with Crippen LogP contribution in [0.1, 0.15) is 96.3 Å². The molecule has 3 saturated carbocycles. The van der Waals surface area contributed by atoms with Gasteiger partial charge in [-0.05, 0) is 38.5 Å². The van der Waals surface area contributed by atoms with E-state index in [1.54, 1.807) is 0 Å². The molecule has 2 unspecified atom stereocenters. The average Bonchev–Trinajstić information content (AvgIpc) is 2.74. The van der Waals surface area contributed by atoms with E-state index in [2.05, 4.69) is 0 Å². The standard InChI is InChI=1S/C22H36O4S2/c23-18(20(25)27-16-10-4-1-5-11-16)22(14-8-3-9-15-22)19(24)21(26)28-17-12-6-2-7-13-17/h16-17,20-21,25-26H,1-15H2. The summed E-state index contributed by atoms with van der Waals surface area (Å²) in [4.78, 5) is 26.6. The van der Waals surface area contributed by atoms with Gasteiger partial charge in [-0.1, -0.05) is 57.8 Å². The van der Waals surface area contributed by atoms with Crippen molar-refractivity contribution < 1.29 is 19.8 Å². The summed E-state index contributed by atoms with van der Waals surface area (Å²) in [6.07, 6.45) is 14.8. The van der Waals surface area contributed by atoms with Crippen molar-refractivity contribution in [1.29, 1.82) is 0 Å². The Labute approximate surface area is 178 Å². The molecule has 3 rings (SSSR count). The lowest BCUT2D eigenvalue weighted by molar-refractivity contribution is -0.148. The van der Waals surface area contributed by atoms with Gasteiger partial charge in [-0.3, -0.25) is 9.59 Å². The molecule has 0 heterocycles. The molecule has 0 aromatic rings. The summed E-state index contributed by atoms with van der Waals surface area (Å²) in [5.74, 6) is -0.674. The van der Waals surface area contributed by atoms with Crippen LogP contribution in [0.2, 0.25) is 0 Å². The molecular weight excluding hydrogens is 392 g/mol. The second-order valence-corrected chi connectivity index (χ2v) is 11.6. The molecular formula is C22H36O4S2. The highest BCUT2D eigenvalue weighted by Gasteiger charge is 2.51. The molecule has 0 aromatic carbocycles. The number of rotatable bonds is 8. The molecule has 0 bridgehead atoms. The van der Waals surface area contributed by atoms with Gasteiger partial charge in [0, 0.05) is 10.5 Å². The van der Waals surface area contributed by atoms with Gasteiger partial charge in [-0.15, -0.1) is 23.5 Å². The maximum absolute atomic E-state index is 13.3. The smallest absolute Gasteiger partial charge is 0.185 e. The molecule has 6 heteroatoms. The zero-order valence-electron chi connectivity index (χ0n) is 16.9. The van der Waals surface area contributed by atoms with Crippen LogP contribution in [-0.4, -0.2) is 43.2 Å².